The van der Waals surface area contributed by atoms with Gasteiger partial charge >= 0.3 is 0 Å². The van der Waals surface area contributed by atoms with Gasteiger partial charge in [0.25, 0.3) is 0 Å². The number of hydrogen-bond donors (Lipinski definition) is 1. The Hall–Kier alpha value is -0.390. The molecule has 0 bridgehead atoms. The van der Waals surface area contributed by atoms with Gasteiger partial charge in [-0.25, -0.2) is 9.97 Å². The molecule has 1 heterocycles. The summed E-state index contributed by atoms with van der Waals surface area (Å²) in [7, 11) is 1.72. The van der Waals surface area contributed by atoms with E-state index in [1.165, 1.54) is 6.33 Å². The number of nitrogens with zero attached hydrogens (tertiary/aromatic N) is 2. The van der Waals surface area contributed by atoms with E-state index in [9.17, 15) is 0 Å². The maximum absolute atomic E-state index is 5.84. The number of aromatic nitrogens is 2. The van der Waals surface area contributed by atoms with Crippen LogP contribution in [0, 0.1) is 0 Å². The van der Waals surface area contributed by atoms with Crippen LogP contribution in [0.5, 0.6) is 0 Å². The molecule has 0 fully saturated rings. The first-order chi connectivity index (χ1) is 7.75. The van der Waals surface area contributed by atoms with Gasteiger partial charge in [-0.2, -0.15) is 0 Å². The highest BCUT2D eigenvalue weighted by atomic mass is 79.9. The molecule has 16 heavy (non-hydrogen) atoms. The van der Waals surface area contributed by atoms with Gasteiger partial charge in [-0.15, -0.1) is 0 Å². The summed E-state index contributed by atoms with van der Waals surface area (Å²) in [5.41, 5.74) is 0. The fourth-order valence-corrected chi connectivity index (χ4v) is 1.70. The van der Waals surface area contributed by atoms with Gasteiger partial charge in [-0.3, -0.25) is 0 Å². The van der Waals surface area contributed by atoms with Crippen LogP contribution in [-0.4, -0.2) is 30.2 Å². The van der Waals surface area contributed by atoms with Gasteiger partial charge in [0.2, 0.25) is 0 Å². The van der Waals surface area contributed by atoms with E-state index < -0.39 is 0 Å². The summed E-state index contributed by atoms with van der Waals surface area (Å²) < 4.78 is 5.69. The van der Waals surface area contributed by atoms with E-state index in [-0.39, 0.29) is 0 Å². The van der Waals surface area contributed by atoms with Crippen molar-refractivity contribution in [2.24, 2.45) is 0 Å². The van der Waals surface area contributed by atoms with Crippen molar-refractivity contribution in [3.05, 3.63) is 16.0 Å². The second-order valence-electron chi connectivity index (χ2n) is 3.31. The first-order valence-electron chi connectivity index (χ1n) is 5.14. The Bertz CT molecular complexity index is 325. The van der Waals surface area contributed by atoms with E-state index in [1.54, 1.807) is 7.11 Å². The summed E-state index contributed by atoms with van der Waals surface area (Å²) >= 11 is 9.18. The highest BCUT2D eigenvalue weighted by molar-refractivity contribution is 9.10. The Morgan fingerprint density at radius 1 is 1.38 bits per heavy atom. The van der Waals surface area contributed by atoms with E-state index in [2.05, 4.69) is 31.2 Å². The van der Waals surface area contributed by atoms with Crippen molar-refractivity contribution in [3.8, 4) is 0 Å². The fourth-order valence-electron chi connectivity index (χ4n) is 1.23. The summed E-state index contributed by atoms with van der Waals surface area (Å²) in [5.74, 6) is 0.742. The largest absolute Gasteiger partial charge is 0.385 e. The van der Waals surface area contributed by atoms with Gasteiger partial charge in [0, 0.05) is 20.3 Å². The summed E-state index contributed by atoms with van der Waals surface area (Å²) in [6.07, 6.45) is 4.75. The molecular weight excluding hydrogens is 293 g/mol. The zero-order valence-electron chi connectivity index (χ0n) is 9.17. The maximum atomic E-state index is 5.84. The Morgan fingerprint density at radius 3 is 2.94 bits per heavy atom. The third-order valence-electron chi connectivity index (χ3n) is 2.06. The van der Waals surface area contributed by atoms with Crippen molar-refractivity contribution < 1.29 is 4.74 Å². The van der Waals surface area contributed by atoms with Crippen LogP contribution in [0.2, 0.25) is 5.15 Å². The third-order valence-corrected chi connectivity index (χ3v) is 3.33. The fraction of sp³-hybridized carbons (Fsp3) is 0.600. The Kier molecular flexibility index (Phi) is 6.68. The van der Waals surface area contributed by atoms with Crippen LogP contribution >= 0.6 is 27.5 Å². The summed E-state index contributed by atoms with van der Waals surface area (Å²) in [4.78, 5) is 7.95. The minimum atomic E-state index is 0.428. The second-order valence-corrected chi connectivity index (χ2v) is 4.46. The van der Waals surface area contributed by atoms with E-state index in [0.29, 0.717) is 9.63 Å². The number of halogens is 2. The zero-order valence-corrected chi connectivity index (χ0v) is 11.5. The lowest BCUT2D eigenvalue weighted by atomic mass is 10.2. The predicted molar refractivity (Wildman–Crippen MR) is 69.0 cm³/mol. The Labute approximate surface area is 109 Å². The van der Waals surface area contributed by atoms with Crippen LogP contribution in [0.1, 0.15) is 19.3 Å². The zero-order chi connectivity index (χ0) is 11.8. The van der Waals surface area contributed by atoms with Crippen LogP contribution in [0.15, 0.2) is 10.8 Å². The predicted octanol–water partition coefficient (Wildman–Crippen LogP) is 3.12. The van der Waals surface area contributed by atoms with Gasteiger partial charge in [0.05, 0.1) is 4.47 Å². The second kappa shape index (κ2) is 7.81. The molecule has 0 atom stereocenters. The molecule has 0 spiro atoms. The molecule has 0 radical (unpaired) electrons. The topological polar surface area (TPSA) is 47.0 Å². The minimum Gasteiger partial charge on any atom is -0.385 e. The molecule has 0 amide bonds. The number of anilines is 1. The normalized spacial score (nSPS) is 10.4. The number of ether oxygens (including phenoxy) is 1. The lowest BCUT2D eigenvalue weighted by Crippen LogP contribution is -2.05. The third kappa shape index (κ3) is 4.63. The van der Waals surface area contributed by atoms with Gasteiger partial charge in [-0.05, 0) is 35.2 Å². The van der Waals surface area contributed by atoms with E-state index >= 15 is 0 Å². The van der Waals surface area contributed by atoms with E-state index in [1.807, 2.05) is 0 Å². The van der Waals surface area contributed by atoms with Crippen LogP contribution in [0.25, 0.3) is 0 Å². The summed E-state index contributed by atoms with van der Waals surface area (Å²) in [6, 6.07) is 0. The van der Waals surface area contributed by atoms with Crippen LogP contribution in [0.4, 0.5) is 5.82 Å². The molecular formula is C10H15BrClN3O. The monoisotopic (exact) mass is 307 g/mol. The molecule has 0 aliphatic rings. The van der Waals surface area contributed by atoms with Crippen molar-refractivity contribution in [3.63, 3.8) is 0 Å². The Balaban J connectivity index is 2.24. The molecule has 0 aliphatic heterocycles. The van der Waals surface area contributed by atoms with E-state index in [0.717, 1.165) is 38.2 Å². The molecule has 1 rings (SSSR count). The molecule has 1 aromatic heterocycles. The highest BCUT2D eigenvalue weighted by Crippen LogP contribution is 2.25. The molecule has 0 aromatic carbocycles. The van der Waals surface area contributed by atoms with Crippen molar-refractivity contribution in [2.45, 2.75) is 19.3 Å². The number of rotatable bonds is 7. The number of nitrogens with one attached hydrogen (secondary N) is 1. The average molecular weight is 309 g/mol. The maximum Gasteiger partial charge on any atom is 0.148 e. The first kappa shape index (κ1) is 13.7. The van der Waals surface area contributed by atoms with Crippen molar-refractivity contribution in [2.75, 3.05) is 25.6 Å². The van der Waals surface area contributed by atoms with Gasteiger partial charge in [0.15, 0.2) is 0 Å². The molecule has 0 unspecified atom stereocenters. The average Bonchev–Trinajstić information content (AvgIpc) is 2.29. The molecule has 1 aromatic rings. The van der Waals surface area contributed by atoms with Crippen LogP contribution in [0.3, 0.4) is 0 Å². The smallest absolute Gasteiger partial charge is 0.148 e. The molecule has 6 heteroatoms. The summed E-state index contributed by atoms with van der Waals surface area (Å²) in [5, 5.41) is 3.64. The lowest BCUT2D eigenvalue weighted by molar-refractivity contribution is 0.192. The summed E-state index contributed by atoms with van der Waals surface area (Å²) in [6.45, 7) is 1.69. The van der Waals surface area contributed by atoms with Crippen LogP contribution in [-0.2, 0) is 4.74 Å². The molecule has 4 nitrogen and oxygen atoms in total. The molecule has 0 aliphatic carbocycles. The van der Waals surface area contributed by atoms with Crippen molar-refractivity contribution in [1.82, 2.24) is 9.97 Å². The quantitative estimate of drug-likeness (QED) is 0.621. The van der Waals surface area contributed by atoms with Gasteiger partial charge in [0.1, 0.15) is 17.3 Å². The highest BCUT2D eigenvalue weighted by Gasteiger charge is 2.05. The van der Waals surface area contributed by atoms with Crippen LogP contribution < -0.4 is 5.32 Å². The van der Waals surface area contributed by atoms with Gasteiger partial charge < -0.3 is 10.1 Å². The molecule has 0 saturated carbocycles. The molecule has 90 valence electrons. The minimum absolute atomic E-state index is 0.428. The van der Waals surface area contributed by atoms with Crippen molar-refractivity contribution >= 4 is 33.3 Å². The number of methoxy groups -OCH3 is 1. The number of unbranched alkanes of at least 4 members (excludes halogenated alkanes) is 2. The standard InChI is InChI=1S/C10H15BrClN3O/c1-16-6-4-2-3-5-13-10-8(11)9(12)14-7-15-10/h7H,2-6H2,1H3,(H,13,14,15). The van der Waals surface area contributed by atoms with Gasteiger partial charge in [-0.1, -0.05) is 11.6 Å². The SMILES string of the molecule is COCCCCCNc1ncnc(Cl)c1Br. The lowest BCUT2D eigenvalue weighted by Gasteiger charge is -2.07. The van der Waals surface area contributed by atoms with Crippen molar-refractivity contribution in [1.29, 1.82) is 0 Å². The molecule has 1 N–H and O–H groups in total. The molecule has 0 saturated heterocycles. The van der Waals surface area contributed by atoms with E-state index in [4.69, 9.17) is 16.3 Å². The Morgan fingerprint density at radius 2 is 2.19 bits per heavy atom. The number of hydrogen-bond acceptors (Lipinski definition) is 4. The first-order valence-corrected chi connectivity index (χ1v) is 6.31.